The number of fused-ring (bicyclic) bond motifs is 1. The van der Waals surface area contributed by atoms with Gasteiger partial charge in [-0.3, -0.25) is 0 Å². The maximum atomic E-state index is 6.48. The molecule has 1 saturated carbocycles. The molecular weight excluding hydrogens is 282 g/mol. The van der Waals surface area contributed by atoms with E-state index in [0.29, 0.717) is 6.04 Å². The minimum Gasteiger partial charge on any atom is -0.487 e. The van der Waals surface area contributed by atoms with Crippen LogP contribution in [0.3, 0.4) is 0 Å². The number of benzene rings is 1. The highest BCUT2D eigenvalue weighted by Crippen LogP contribution is 2.48. The lowest BCUT2D eigenvalue weighted by Gasteiger charge is -2.46. The second kappa shape index (κ2) is 5.81. The molecule has 0 bridgehead atoms. The summed E-state index contributed by atoms with van der Waals surface area (Å²) in [6, 6.07) is 6.37. The molecule has 1 atom stereocenters. The average molecular weight is 308 g/mol. The van der Waals surface area contributed by atoms with Crippen LogP contribution >= 0.6 is 11.6 Å². The van der Waals surface area contributed by atoms with Crippen LogP contribution in [0.1, 0.15) is 57.6 Å². The molecule has 116 valence electrons. The molecule has 21 heavy (non-hydrogen) atoms. The third kappa shape index (κ3) is 2.93. The highest BCUT2D eigenvalue weighted by Gasteiger charge is 2.43. The largest absolute Gasteiger partial charge is 0.487 e. The quantitative estimate of drug-likeness (QED) is 0.833. The standard InChI is InChI=1S/C18H26ClNO/c1-12(2)13-6-8-18(9-7-13)11-16(20-3)15-10-14(19)4-5-17(15)21-18/h4-5,10,12-13,16,20H,6-9,11H2,1-3H3. The van der Waals surface area contributed by atoms with Gasteiger partial charge in [-0.2, -0.15) is 0 Å². The lowest BCUT2D eigenvalue weighted by molar-refractivity contribution is -0.0191. The Hall–Kier alpha value is -0.730. The van der Waals surface area contributed by atoms with E-state index in [0.717, 1.165) is 29.0 Å². The Bertz CT molecular complexity index is 506. The predicted octanol–water partition coefficient (Wildman–Crippen LogP) is 4.97. The number of hydrogen-bond acceptors (Lipinski definition) is 2. The second-order valence-electron chi connectivity index (χ2n) is 7.09. The van der Waals surface area contributed by atoms with Crippen molar-refractivity contribution in [3.8, 4) is 5.75 Å². The van der Waals surface area contributed by atoms with Crippen molar-refractivity contribution < 1.29 is 4.74 Å². The molecule has 3 rings (SSSR count). The molecule has 1 heterocycles. The van der Waals surface area contributed by atoms with E-state index in [1.807, 2.05) is 25.2 Å². The van der Waals surface area contributed by atoms with Crippen molar-refractivity contribution in [2.24, 2.45) is 11.8 Å². The Kier molecular flexibility index (Phi) is 4.20. The average Bonchev–Trinajstić information content (AvgIpc) is 2.47. The predicted molar refractivity (Wildman–Crippen MR) is 88.0 cm³/mol. The van der Waals surface area contributed by atoms with Crippen LogP contribution in [0.4, 0.5) is 0 Å². The number of halogens is 1. The minimum atomic E-state index is 0.0277. The van der Waals surface area contributed by atoms with Crippen molar-refractivity contribution in [2.75, 3.05) is 7.05 Å². The zero-order chi connectivity index (χ0) is 15.0. The van der Waals surface area contributed by atoms with E-state index < -0.39 is 0 Å². The SMILES string of the molecule is CNC1CC2(CCC(C(C)C)CC2)Oc2ccc(Cl)cc21. The number of hydrogen-bond donors (Lipinski definition) is 1. The third-order valence-corrected chi connectivity index (χ3v) is 5.72. The van der Waals surface area contributed by atoms with Crippen LogP contribution in [0, 0.1) is 11.8 Å². The van der Waals surface area contributed by atoms with Gasteiger partial charge in [0.1, 0.15) is 11.4 Å². The van der Waals surface area contributed by atoms with Gasteiger partial charge in [-0.15, -0.1) is 0 Å². The second-order valence-corrected chi connectivity index (χ2v) is 7.53. The van der Waals surface area contributed by atoms with Crippen LogP contribution < -0.4 is 10.1 Å². The van der Waals surface area contributed by atoms with Crippen LogP contribution in [0.15, 0.2) is 18.2 Å². The Morgan fingerprint density at radius 3 is 2.62 bits per heavy atom. The zero-order valence-electron chi connectivity index (χ0n) is 13.3. The lowest BCUT2D eigenvalue weighted by Crippen LogP contribution is -2.46. The van der Waals surface area contributed by atoms with E-state index in [-0.39, 0.29) is 5.60 Å². The first-order valence-electron chi connectivity index (χ1n) is 8.19. The Morgan fingerprint density at radius 2 is 2.00 bits per heavy atom. The molecule has 1 fully saturated rings. The number of rotatable bonds is 2. The van der Waals surface area contributed by atoms with Gasteiger partial charge < -0.3 is 10.1 Å². The van der Waals surface area contributed by atoms with Gasteiger partial charge in [0, 0.05) is 23.0 Å². The van der Waals surface area contributed by atoms with Crippen molar-refractivity contribution in [2.45, 2.75) is 57.6 Å². The fourth-order valence-electron chi connectivity index (χ4n) is 4.04. The Morgan fingerprint density at radius 1 is 1.29 bits per heavy atom. The van der Waals surface area contributed by atoms with E-state index in [2.05, 4.69) is 19.2 Å². The summed E-state index contributed by atoms with van der Waals surface area (Å²) >= 11 is 6.15. The summed E-state index contributed by atoms with van der Waals surface area (Å²) in [7, 11) is 2.04. The van der Waals surface area contributed by atoms with Crippen molar-refractivity contribution in [1.29, 1.82) is 0 Å². The molecule has 1 aliphatic heterocycles. The molecule has 2 nitrogen and oxygen atoms in total. The van der Waals surface area contributed by atoms with Crippen LogP contribution in [0.2, 0.25) is 5.02 Å². The smallest absolute Gasteiger partial charge is 0.125 e. The zero-order valence-corrected chi connectivity index (χ0v) is 14.0. The molecule has 1 N–H and O–H groups in total. The fourth-order valence-corrected chi connectivity index (χ4v) is 4.22. The molecule has 1 aromatic rings. The molecule has 0 saturated heterocycles. The lowest BCUT2D eigenvalue weighted by atomic mass is 9.71. The highest BCUT2D eigenvalue weighted by molar-refractivity contribution is 6.30. The third-order valence-electron chi connectivity index (χ3n) is 5.48. The molecule has 1 unspecified atom stereocenters. The number of nitrogens with one attached hydrogen (secondary N) is 1. The van der Waals surface area contributed by atoms with Crippen LogP contribution in [0.5, 0.6) is 5.75 Å². The normalized spacial score (nSPS) is 32.0. The molecular formula is C18H26ClNO. The van der Waals surface area contributed by atoms with Crippen LogP contribution in [-0.2, 0) is 0 Å². The van der Waals surface area contributed by atoms with Crippen LogP contribution in [0.25, 0.3) is 0 Å². The minimum absolute atomic E-state index is 0.0277. The molecule has 1 spiro atoms. The molecule has 0 amide bonds. The van der Waals surface area contributed by atoms with Gasteiger partial charge in [0.15, 0.2) is 0 Å². The van der Waals surface area contributed by atoms with E-state index in [9.17, 15) is 0 Å². The van der Waals surface area contributed by atoms with Gasteiger partial charge >= 0.3 is 0 Å². The summed E-state index contributed by atoms with van der Waals surface area (Å²) in [5, 5.41) is 4.24. The van der Waals surface area contributed by atoms with Crippen molar-refractivity contribution in [3.05, 3.63) is 28.8 Å². The van der Waals surface area contributed by atoms with Gasteiger partial charge in [0.2, 0.25) is 0 Å². The van der Waals surface area contributed by atoms with Crippen molar-refractivity contribution in [1.82, 2.24) is 5.32 Å². The van der Waals surface area contributed by atoms with E-state index in [1.54, 1.807) is 0 Å². The fraction of sp³-hybridized carbons (Fsp3) is 0.667. The maximum absolute atomic E-state index is 6.48. The molecule has 1 aromatic carbocycles. The highest BCUT2D eigenvalue weighted by atomic mass is 35.5. The summed E-state index contributed by atoms with van der Waals surface area (Å²) < 4.78 is 6.48. The summed E-state index contributed by atoms with van der Waals surface area (Å²) in [5.74, 6) is 2.67. The molecule has 0 aromatic heterocycles. The first-order chi connectivity index (χ1) is 10.0. The molecule has 0 radical (unpaired) electrons. The van der Waals surface area contributed by atoms with Gasteiger partial charge in [0.25, 0.3) is 0 Å². The van der Waals surface area contributed by atoms with Gasteiger partial charge in [-0.05, 0) is 62.8 Å². The molecule has 1 aliphatic carbocycles. The van der Waals surface area contributed by atoms with E-state index in [4.69, 9.17) is 16.3 Å². The Balaban J connectivity index is 1.83. The molecule has 2 aliphatic rings. The maximum Gasteiger partial charge on any atom is 0.125 e. The summed E-state index contributed by atoms with van der Waals surface area (Å²) in [5.41, 5.74) is 1.24. The monoisotopic (exact) mass is 307 g/mol. The topological polar surface area (TPSA) is 21.3 Å². The first-order valence-corrected chi connectivity index (χ1v) is 8.56. The summed E-state index contributed by atoms with van der Waals surface area (Å²) in [6.45, 7) is 4.69. The number of ether oxygens (including phenoxy) is 1. The van der Waals surface area contributed by atoms with Gasteiger partial charge in [0.05, 0.1) is 0 Å². The van der Waals surface area contributed by atoms with E-state index >= 15 is 0 Å². The van der Waals surface area contributed by atoms with Crippen molar-refractivity contribution in [3.63, 3.8) is 0 Å². The molecule has 3 heteroatoms. The van der Waals surface area contributed by atoms with Gasteiger partial charge in [-0.1, -0.05) is 25.4 Å². The van der Waals surface area contributed by atoms with E-state index in [1.165, 1.54) is 31.2 Å². The summed E-state index contributed by atoms with van der Waals surface area (Å²) in [4.78, 5) is 0. The van der Waals surface area contributed by atoms with Gasteiger partial charge in [-0.25, -0.2) is 0 Å². The van der Waals surface area contributed by atoms with Crippen molar-refractivity contribution >= 4 is 11.6 Å². The first kappa shape index (κ1) is 15.2. The van der Waals surface area contributed by atoms with Crippen LogP contribution in [-0.4, -0.2) is 12.6 Å². The summed E-state index contributed by atoms with van der Waals surface area (Å²) in [6.07, 6.45) is 5.99. The Labute approximate surface area is 133 Å².